The lowest BCUT2D eigenvalue weighted by atomic mass is 10.2. The summed E-state index contributed by atoms with van der Waals surface area (Å²) in [5.74, 6) is 1.62. The molecule has 0 aliphatic carbocycles. The summed E-state index contributed by atoms with van der Waals surface area (Å²) in [6.45, 7) is 5.26. The van der Waals surface area contributed by atoms with Crippen LogP contribution in [0.5, 0.6) is 5.75 Å². The smallest absolute Gasteiger partial charge is 0.158 e. The maximum atomic E-state index is 5.43. The molecule has 3 aromatic rings. The fourth-order valence-corrected chi connectivity index (χ4v) is 2.14. The number of fused-ring (bicyclic) bond motifs is 1. The number of hydrogen-bond donors (Lipinski definition) is 2. The summed E-state index contributed by atoms with van der Waals surface area (Å²) in [7, 11) is 0. The number of hydrogen-bond acceptors (Lipinski definition) is 5. The molecule has 0 fully saturated rings. The number of anilines is 1. The van der Waals surface area contributed by atoms with Crippen LogP contribution >= 0.6 is 0 Å². The van der Waals surface area contributed by atoms with Crippen molar-refractivity contribution in [3.05, 3.63) is 41.9 Å². The molecular weight excluding hydrogens is 266 g/mol. The highest BCUT2D eigenvalue weighted by molar-refractivity contribution is 5.86. The predicted molar refractivity (Wildman–Crippen MR) is 81.4 cm³/mol. The lowest BCUT2D eigenvalue weighted by molar-refractivity contribution is 0.340. The molecule has 2 heterocycles. The van der Waals surface area contributed by atoms with Gasteiger partial charge in [0.1, 0.15) is 17.6 Å². The summed E-state index contributed by atoms with van der Waals surface area (Å²) < 4.78 is 5.43. The Bertz CT molecular complexity index is 735. The quantitative estimate of drug-likeness (QED) is 0.753. The van der Waals surface area contributed by atoms with Crippen LogP contribution in [0.3, 0.4) is 0 Å². The van der Waals surface area contributed by atoms with E-state index in [0.29, 0.717) is 13.2 Å². The number of nitrogens with zero attached hydrogens (tertiary/aromatic N) is 3. The third-order valence-corrected chi connectivity index (χ3v) is 3.21. The molecule has 0 saturated heterocycles. The van der Waals surface area contributed by atoms with E-state index < -0.39 is 0 Å². The number of aryl methyl sites for hydroxylation is 1. The normalized spacial score (nSPS) is 10.8. The molecule has 0 radical (unpaired) electrons. The first-order valence-corrected chi connectivity index (χ1v) is 6.89. The summed E-state index contributed by atoms with van der Waals surface area (Å²) in [6.07, 6.45) is 1.55. The minimum absolute atomic E-state index is 0.671. The van der Waals surface area contributed by atoms with Crippen LogP contribution in [-0.4, -0.2) is 26.8 Å². The highest BCUT2D eigenvalue weighted by atomic mass is 16.5. The van der Waals surface area contributed by atoms with Crippen LogP contribution in [0.2, 0.25) is 0 Å². The Labute approximate surface area is 122 Å². The van der Waals surface area contributed by atoms with Crippen LogP contribution in [0, 0.1) is 6.92 Å². The van der Waals surface area contributed by atoms with Gasteiger partial charge in [0.2, 0.25) is 0 Å². The van der Waals surface area contributed by atoms with Gasteiger partial charge in [-0.1, -0.05) is 12.1 Å². The standard InChI is InChI=1S/C15H17N5O/c1-3-21-12-6-4-11(5-7-12)8-16-15-14-13(17-9-18-15)10(2)19-20-14/h4-7,9H,3,8H2,1-2H3,(H,19,20)(H,16,17,18). The number of H-pyrrole nitrogens is 1. The van der Waals surface area contributed by atoms with Crippen LogP contribution in [-0.2, 0) is 6.54 Å². The fourth-order valence-electron chi connectivity index (χ4n) is 2.14. The van der Waals surface area contributed by atoms with Gasteiger partial charge in [-0.05, 0) is 31.5 Å². The number of ether oxygens (including phenoxy) is 1. The molecule has 1 aromatic carbocycles. The van der Waals surface area contributed by atoms with E-state index in [0.717, 1.165) is 33.9 Å². The highest BCUT2D eigenvalue weighted by Crippen LogP contribution is 2.19. The van der Waals surface area contributed by atoms with Gasteiger partial charge < -0.3 is 10.1 Å². The maximum absolute atomic E-state index is 5.43. The van der Waals surface area contributed by atoms with Gasteiger partial charge in [-0.25, -0.2) is 9.97 Å². The van der Waals surface area contributed by atoms with Crippen molar-refractivity contribution in [3.63, 3.8) is 0 Å². The van der Waals surface area contributed by atoms with Crippen molar-refractivity contribution >= 4 is 16.9 Å². The van der Waals surface area contributed by atoms with E-state index in [4.69, 9.17) is 4.74 Å². The molecule has 0 unspecified atom stereocenters. The Kier molecular flexibility index (Phi) is 3.68. The molecule has 108 valence electrons. The Morgan fingerprint density at radius 1 is 1.14 bits per heavy atom. The Morgan fingerprint density at radius 2 is 1.95 bits per heavy atom. The van der Waals surface area contributed by atoms with Gasteiger partial charge in [0.25, 0.3) is 0 Å². The molecule has 0 aliphatic heterocycles. The number of rotatable bonds is 5. The van der Waals surface area contributed by atoms with Gasteiger partial charge in [-0.2, -0.15) is 5.10 Å². The second kappa shape index (κ2) is 5.78. The molecule has 0 amide bonds. The van der Waals surface area contributed by atoms with Crippen LogP contribution in [0.15, 0.2) is 30.6 Å². The van der Waals surface area contributed by atoms with Crippen molar-refractivity contribution in [2.24, 2.45) is 0 Å². The van der Waals surface area contributed by atoms with E-state index in [1.54, 1.807) is 6.33 Å². The SMILES string of the molecule is CCOc1ccc(CNc2ncnc3c(C)[nH]nc23)cc1. The maximum Gasteiger partial charge on any atom is 0.158 e. The molecular formula is C15H17N5O. The first-order chi connectivity index (χ1) is 10.3. The molecule has 0 spiro atoms. The number of aromatic amines is 1. The van der Waals surface area contributed by atoms with Gasteiger partial charge in [-0.3, -0.25) is 5.10 Å². The van der Waals surface area contributed by atoms with Crippen molar-refractivity contribution in [1.82, 2.24) is 20.2 Å². The largest absolute Gasteiger partial charge is 0.494 e. The number of benzene rings is 1. The van der Waals surface area contributed by atoms with Gasteiger partial charge >= 0.3 is 0 Å². The van der Waals surface area contributed by atoms with E-state index in [9.17, 15) is 0 Å². The monoisotopic (exact) mass is 283 g/mol. The van der Waals surface area contributed by atoms with Gasteiger partial charge in [0, 0.05) is 6.54 Å². The second-order valence-electron chi connectivity index (χ2n) is 4.70. The molecule has 2 N–H and O–H groups in total. The number of aromatic nitrogens is 4. The number of nitrogens with one attached hydrogen (secondary N) is 2. The Morgan fingerprint density at radius 3 is 2.71 bits per heavy atom. The Hall–Kier alpha value is -2.63. The van der Waals surface area contributed by atoms with Crippen LogP contribution in [0.25, 0.3) is 11.0 Å². The molecule has 21 heavy (non-hydrogen) atoms. The summed E-state index contributed by atoms with van der Waals surface area (Å²) in [4.78, 5) is 8.48. The zero-order chi connectivity index (χ0) is 14.7. The molecule has 2 aromatic heterocycles. The van der Waals surface area contributed by atoms with E-state index in [1.165, 1.54) is 0 Å². The molecule has 0 aliphatic rings. The molecule has 6 heteroatoms. The lowest BCUT2D eigenvalue weighted by Gasteiger charge is -2.07. The first-order valence-electron chi connectivity index (χ1n) is 6.89. The van der Waals surface area contributed by atoms with Gasteiger partial charge in [0.15, 0.2) is 11.3 Å². The average Bonchev–Trinajstić information content (AvgIpc) is 2.89. The topological polar surface area (TPSA) is 75.7 Å². The fraction of sp³-hybridized carbons (Fsp3) is 0.267. The van der Waals surface area contributed by atoms with E-state index >= 15 is 0 Å². The first kappa shape index (κ1) is 13.4. The lowest BCUT2D eigenvalue weighted by Crippen LogP contribution is -2.02. The van der Waals surface area contributed by atoms with Gasteiger partial charge in [-0.15, -0.1) is 0 Å². The van der Waals surface area contributed by atoms with Crippen molar-refractivity contribution in [2.45, 2.75) is 20.4 Å². The van der Waals surface area contributed by atoms with Crippen LogP contribution < -0.4 is 10.1 Å². The molecule has 0 atom stereocenters. The molecule has 0 saturated carbocycles. The summed E-state index contributed by atoms with van der Waals surface area (Å²) >= 11 is 0. The minimum atomic E-state index is 0.671. The third kappa shape index (κ3) is 2.79. The zero-order valence-electron chi connectivity index (χ0n) is 12.1. The van der Waals surface area contributed by atoms with E-state index in [-0.39, 0.29) is 0 Å². The highest BCUT2D eigenvalue weighted by Gasteiger charge is 2.08. The van der Waals surface area contributed by atoms with Crippen LogP contribution in [0.1, 0.15) is 18.2 Å². The van der Waals surface area contributed by atoms with Crippen molar-refractivity contribution < 1.29 is 4.74 Å². The molecule has 3 rings (SSSR count). The van der Waals surface area contributed by atoms with E-state index in [1.807, 2.05) is 38.1 Å². The molecule has 0 bridgehead atoms. The average molecular weight is 283 g/mol. The molecule has 6 nitrogen and oxygen atoms in total. The van der Waals surface area contributed by atoms with Crippen molar-refractivity contribution in [2.75, 3.05) is 11.9 Å². The van der Waals surface area contributed by atoms with Crippen molar-refractivity contribution in [1.29, 1.82) is 0 Å². The van der Waals surface area contributed by atoms with Gasteiger partial charge in [0.05, 0.1) is 12.3 Å². The third-order valence-electron chi connectivity index (χ3n) is 3.21. The minimum Gasteiger partial charge on any atom is -0.494 e. The predicted octanol–water partition coefficient (Wildman–Crippen LogP) is 2.67. The summed E-state index contributed by atoms with van der Waals surface area (Å²) in [6, 6.07) is 8.00. The summed E-state index contributed by atoms with van der Waals surface area (Å²) in [5, 5.41) is 10.5. The Balaban J connectivity index is 1.74. The zero-order valence-corrected chi connectivity index (χ0v) is 12.1. The second-order valence-corrected chi connectivity index (χ2v) is 4.70. The van der Waals surface area contributed by atoms with Crippen LogP contribution in [0.4, 0.5) is 5.82 Å². The summed E-state index contributed by atoms with van der Waals surface area (Å²) in [5.41, 5.74) is 3.70. The van der Waals surface area contributed by atoms with E-state index in [2.05, 4.69) is 25.5 Å². The van der Waals surface area contributed by atoms with Crippen molar-refractivity contribution in [3.8, 4) is 5.75 Å².